The second-order valence-corrected chi connectivity index (χ2v) is 5.77. The second kappa shape index (κ2) is 5.54. The van der Waals surface area contributed by atoms with Crippen LogP contribution in [0.15, 0.2) is 42.9 Å². The smallest absolute Gasteiger partial charge is 0.267 e. The van der Waals surface area contributed by atoms with Gasteiger partial charge in [0.25, 0.3) is 5.91 Å². The predicted molar refractivity (Wildman–Crippen MR) is 88.3 cm³/mol. The molecule has 0 spiro atoms. The molecule has 1 aliphatic heterocycles. The first-order valence-corrected chi connectivity index (χ1v) is 7.61. The number of aromatic nitrogens is 4. The molecular weight excluding hydrogens is 304 g/mol. The van der Waals surface area contributed by atoms with Crippen LogP contribution in [-0.2, 0) is 6.54 Å². The van der Waals surface area contributed by atoms with Gasteiger partial charge < -0.3 is 0 Å². The fraction of sp³-hybridized carbons (Fsp3) is 0.176. The lowest BCUT2D eigenvalue weighted by atomic mass is 10.1. The van der Waals surface area contributed by atoms with E-state index in [1.807, 2.05) is 44.4 Å². The standard InChI is InChI=1S/C17H16N6O/c1-11-14(9-23(20-11)12-4-3-7-18-8-12)15-6-5-13-16(19-15)10-22(2)21-17(13)24/h3-9H,10H2,1-2H3,(H,21,24). The van der Waals surface area contributed by atoms with Gasteiger partial charge in [-0.2, -0.15) is 5.10 Å². The maximum atomic E-state index is 12.0. The van der Waals surface area contributed by atoms with Crippen LogP contribution in [0.5, 0.6) is 0 Å². The Morgan fingerprint density at radius 2 is 2.08 bits per heavy atom. The van der Waals surface area contributed by atoms with Crippen molar-refractivity contribution in [3.05, 3.63) is 59.8 Å². The van der Waals surface area contributed by atoms with Crippen LogP contribution in [0.4, 0.5) is 0 Å². The highest BCUT2D eigenvalue weighted by atomic mass is 16.2. The minimum absolute atomic E-state index is 0.124. The summed E-state index contributed by atoms with van der Waals surface area (Å²) in [5.41, 5.74) is 7.67. The van der Waals surface area contributed by atoms with Gasteiger partial charge in [-0.3, -0.25) is 20.2 Å². The van der Waals surface area contributed by atoms with E-state index in [0.717, 1.165) is 28.3 Å². The number of amides is 1. The molecule has 0 aromatic carbocycles. The molecule has 1 N–H and O–H groups in total. The Morgan fingerprint density at radius 3 is 2.88 bits per heavy atom. The zero-order chi connectivity index (χ0) is 16.7. The number of aryl methyl sites for hydroxylation is 1. The molecule has 0 saturated carbocycles. The van der Waals surface area contributed by atoms with Crippen molar-refractivity contribution in [3.63, 3.8) is 0 Å². The summed E-state index contributed by atoms with van der Waals surface area (Å²) in [7, 11) is 1.82. The van der Waals surface area contributed by atoms with Crippen LogP contribution in [0.25, 0.3) is 16.9 Å². The van der Waals surface area contributed by atoms with Gasteiger partial charge in [-0.05, 0) is 31.2 Å². The molecule has 7 heteroatoms. The summed E-state index contributed by atoms with van der Waals surface area (Å²) < 4.78 is 1.79. The van der Waals surface area contributed by atoms with Crippen molar-refractivity contribution in [2.24, 2.45) is 0 Å². The molecule has 4 heterocycles. The minimum atomic E-state index is -0.124. The minimum Gasteiger partial charge on any atom is -0.285 e. The molecule has 3 aromatic heterocycles. The number of carbonyl (C=O) groups excluding carboxylic acids is 1. The lowest BCUT2D eigenvalue weighted by molar-refractivity contribution is 0.0782. The number of pyridine rings is 2. The number of nitrogens with one attached hydrogen (secondary N) is 1. The third kappa shape index (κ3) is 2.44. The first-order valence-electron chi connectivity index (χ1n) is 7.61. The largest absolute Gasteiger partial charge is 0.285 e. The van der Waals surface area contributed by atoms with Crippen molar-refractivity contribution in [2.75, 3.05) is 7.05 Å². The fourth-order valence-corrected chi connectivity index (χ4v) is 2.81. The lowest BCUT2D eigenvalue weighted by Crippen LogP contribution is -2.43. The third-order valence-electron chi connectivity index (χ3n) is 3.98. The van der Waals surface area contributed by atoms with E-state index < -0.39 is 0 Å². The fourth-order valence-electron chi connectivity index (χ4n) is 2.81. The number of rotatable bonds is 2. The second-order valence-electron chi connectivity index (χ2n) is 5.77. The van der Waals surface area contributed by atoms with E-state index in [-0.39, 0.29) is 5.91 Å². The van der Waals surface area contributed by atoms with E-state index in [0.29, 0.717) is 12.1 Å². The van der Waals surface area contributed by atoms with Gasteiger partial charge in [-0.25, -0.2) is 9.69 Å². The topological polar surface area (TPSA) is 75.9 Å². The van der Waals surface area contributed by atoms with E-state index in [1.165, 1.54) is 0 Å². The summed E-state index contributed by atoms with van der Waals surface area (Å²) in [6.45, 7) is 2.52. The van der Waals surface area contributed by atoms with Gasteiger partial charge in [0.2, 0.25) is 0 Å². The molecule has 0 aliphatic carbocycles. The lowest BCUT2D eigenvalue weighted by Gasteiger charge is -2.24. The van der Waals surface area contributed by atoms with Crippen molar-refractivity contribution in [3.8, 4) is 16.9 Å². The highest BCUT2D eigenvalue weighted by Crippen LogP contribution is 2.25. The average Bonchev–Trinajstić information content (AvgIpc) is 2.97. The molecule has 4 rings (SSSR count). The summed E-state index contributed by atoms with van der Waals surface area (Å²) >= 11 is 0. The molecule has 0 unspecified atom stereocenters. The van der Waals surface area contributed by atoms with Crippen molar-refractivity contribution in [2.45, 2.75) is 13.5 Å². The Kier molecular flexibility index (Phi) is 3.35. The van der Waals surface area contributed by atoms with E-state index in [1.54, 1.807) is 22.1 Å². The molecular formula is C17H16N6O. The van der Waals surface area contributed by atoms with Crippen molar-refractivity contribution in [1.29, 1.82) is 0 Å². The summed E-state index contributed by atoms with van der Waals surface area (Å²) in [5, 5.41) is 6.28. The van der Waals surface area contributed by atoms with Gasteiger partial charge in [0.1, 0.15) is 0 Å². The summed E-state index contributed by atoms with van der Waals surface area (Å²) in [4.78, 5) is 20.8. The van der Waals surface area contributed by atoms with Crippen molar-refractivity contribution < 1.29 is 4.79 Å². The molecule has 120 valence electrons. The molecule has 0 saturated heterocycles. The Hall–Kier alpha value is -3.06. The first-order chi connectivity index (χ1) is 11.6. The number of hydrazine groups is 1. The van der Waals surface area contributed by atoms with Crippen LogP contribution in [0.3, 0.4) is 0 Å². The number of carbonyl (C=O) groups is 1. The zero-order valence-electron chi connectivity index (χ0n) is 13.4. The number of hydrogen-bond acceptors (Lipinski definition) is 5. The Bertz CT molecular complexity index is 918. The summed E-state index contributed by atoms with van der Waals surface area (Å²) in [5.74, 6) is -0.124. The van der Waals surface area contributed by atoms with Crippen LogP contribution in [0.2, 0.25) is 0 Å². The Morgan fingerprint density at radius 1 is 1.21 bits per heavy atom. The van der Waals surface area contributed by atoms with Crippen LogP contribution in [0, 0.1) is 6.92 Å². The van der Waals surface area contributed by atoms with E-state index in [9.17, 15) is 4.79 Å². The molecule has 0 fully saturated rings. The number of nitrogens with zero attached hydrogens (tertiary/aromatic N) is 5. The predicted octanol–water partition coefficient (Wildman–Crippen LogP) is 1.73. The molecule has 0 atom stereocenters. The van der Waals surface area contributed by atoms with Crippen LogP contribution in [0.1, 0.15) is 21.7 Å². The highest BCUT2D eigenvalue weighted by Gasteiger charge is 2.22. The molecule has 0 radical (unpaired) electrons. The van der Waals surface area contributed by atoms with Crippen molar-refractivity contribution in [1.82, 2.24) is 30.2 Å². The van der Waals surface area contributed by atoms with Gasteiger partial charge in [0, 0.05) is 25.0 Å². The zero-order valence-corrected chi connectivity index (χ0v) is 13.4. The van der Waals surface area contributed by atoms with Crippen LogP contribution >= 0.6 is 0 Å². The Balaban J connectivity index is 1.76. The maximum Gasteiger partial charge on any atom is 0.267 e. The first kappa shape index (κ1) is 14.5. The van der Waals surface area contributed by atoms with E-state index >= 15 is 0 Å². The van der Waals surface area contributed by atoms with Crippen molar-refractivity contribution >= 4 is 5.91 Å². The molecule has 24 heavy (non-hydrogen) atoms. The monoisotopic (exact) mass is 320 g/mol. The number of fused-ring (bicyclic) bond motifs is 1. The van der Waals surface area contributed by atoms with Gasteiger partial charge >= 0.3 is 0 Å². The van der Waals surface area contributed by atoms with Gasteiger partial charge in [-0.1, -0.05) is 0 Å². The van der Waals surface area contributed by atoms with Crippen LogP contribution in [-0.4, -0.2) is 37.7 Å². The van der Waals surface area contributed by atoms with Gasteiger partial charge in [-0.15, -0.1) is 0 Å². The summed E-state index contributed by atoms with van der Waals surface area (Å²) in [6.07, 6.45) is 5.43. The summed E-state index contributed by atoms with van der Waals surface area (Å²) in [6, 6.07) is 7.50. The van der Waals surface area contributed by atoms with Crippen LogP contribution < -0.4 is 5.43 Å². The van der Waals surface area contributed by atoms with Gasteiger partial charge in [0.15, 0.2) is 0 Å². The van der Waals surface area contributed by atoms with E-state index in [2.05, 4.69) is 20.5 Å². The highest BCUT2D eigenvalue weighted by molar-refractivity contribution is 5.96. The Labute approximate surface area is 138 Å². The quantitative estimate of drug-likeness (QED) is 0.778. The van der Waals surface area contributed by atoms with Gasteiger partial charge in [0.05, 0.1) is 41.1 Å². The average molecular weight is 320 g/mol. The SMILES string of the molecule is Cc1nn(-c2cccnc2)cc1-c1ccc2c(n1)CN(C)NC2=O. The molecule has 7 nitrogen and oxygen atoms in total. The normalized spacial score (nSPS) is 14.3. The third-order valence-corrected chi connectivity index (χ3v) is 3.98. The molecule has 3 aromatic rings. The maximum absolute atomic E-state index is 12.0. The molecule has 0 bridgehead atoms. The number of hydrogen-bond donors (Lipinski definition) is 1. The molecule has 1 amide bonds. The molecule has 1 aliphatic rings. The van der Waals surface area contributed by atoms with E-state index in [4.69, 9.17) is 0 Å².